The number of methoxy groups -OCH3 is 2. The molecule has 0 saturated heterocycles. The first-order chi connectivity index (χ1) is 22.6. The summed E-state index contributed by atoms with van der Waals surface area (Å²) in [5, 5.41) is 3.44. The number of amides is 2. The lowest BCUT2D eigenvalue weighted by Crippen LogP contribution is -2.54. The Kier molecular flexibility index (Phi) is 12.3. The molecule has 0 aliphatic carbocycles. The molecular formula is C36H40ClN3O6S. The number of nitrogens with zero attached hydrogens (tertiary/aromatic N) is 2. The van der Waals surface area contributed by atoms with E-state index in [1.54, 1.807) is 54.6 Å². The normalized spacial score (nSPS) is 12.4. The maximum absolute atomic E-state index is 14.6. The Morgan fingerprint density at radius 3 is 2.09 bits per heavy atom. The van der Waals surface area contributed by atoms with E-state index in [2.05, 4.69) is 5.32 Å². The fraction of sp³-hybridized carbons (Fsp3) is 0.278. The standard InChI is InChI=1S/C36H40ClN3O6S/c1-5-26(2)38-36(42)32(22-27-14-8-6-9-15-27)39(24-28-16-12-13-19-31(28)37)35(41)25-40(47(43,44)30-17-10-7-11-18-30)29-20-21-33(45-3)34(23-29)46-4/h6-21,23,26,32H,5,22,24-25H2,1-4H3,(H,38,42)/t26-,32-/m0/s1. The molecule has 2 amide bonds. The molecule has 0 bridgehead atoms. The summed E-state index contributed by atoms with van der Waals surface area (Å²) < 4.78 is 40.3. The van der Waals surface area contributed by atoms with Gasteiger partial charge in [0.25, 0.3) is 10.0 Å². The van der Waals surface area contributed by atoms with Gasteiger partial charge in [0.1, 0.15) is 12.6 Å². The third kappa shape index (κ3) is 8.84. The summed E-state index contributed by atoms with van der Waals surface area (Å²) in [5.74, 6) is -0.273. The molecule has 0 spiro atoms. The van der Waals surface area contributed by atoms with Gasteiger partial charge in [0.2, 0.25) is 11.8 Å². The molecule has 2 atom stereocenters. The number of sulfonamides is 1. The Balaban J connectivity index is 1.85. The van der Waals surface area contributed by atoms with Crippen LogP contribution in [0.4, 0.5) is 5.69 Å². The van der Waals surface area contributed by atoms with Crippen LogP contribution < -0.4 is 19.1 Å². The summed E-state index contributed by atoms with van der Waals surface area (Å²) >= 11 is 6.57. The van der Waals surface area contributed by atoms with E-state index >= 15 is 0 Å². The number of halogens is 1. The second kappa shape index (κ2) is 16.3. The van der Waals surface area contributed by atoms with Crippen molar-refractivity contribution in [3.8, 4) is 11.5 Å². The minimum absolute atomic E-state index is 0.00409. The third-order valence-corrected chi connectivity index (χ3v) is 9.99. The van der Waals surface area contributed by atoms with Crippen molar-refractivity contribution >= 4 is 39.1 Å². The summed E-state index contributed by atoms with van der Waals surface area (Å²) in [4.78, 5) is 30.0. The average molecular weight is 678 g/mol. The van der Waals surface area contributed by atoms with E-state index in [4.69, 9.17) is 21.1 Å². The minimum atomic E-state index is -4.27. The van der Waals surface area contributed by atoms with Crippen molar-refractivity contribution in [1.82, 2.24) is 10.2 Å². The lowest BCUT2D eigenvalue weighted by molar-refractivity contribution is -0.140. The molecule has 9 nitrogen and oxygen atoms in total. The van der Waals surface area contributed by atoms with Gasteiger partial charge in [0, 0.05) is 30.1 Å². The molecule has 0 unspecified atom stereocenters. The highest BCUT2D eigenvalue weighted by molar-refractivity contribution is 7.92. The predicted molar refractivity (Wildman–Crippen MR) is 184 cm³/mol. The summed E-state index contributed by atoms with van der Waals surface area (Å²) in [6.45, 7) is 3.20. The van der Waals surface area contributed by atoms with Crippen LogP contribution >= 0.6 is 11.6 Å². The molecule has 11 heteroatoms. The maximum atomic E-state index is 14.6. The molecule has 248 valence electrons. The number of ether oxygens (including phenoxy) is 2. The van der Waals surface area contributed by atoms with E-state index in [9.17, 15) is 18.0 Å². The molecular weight excluding hydrogens is 638 g/mol. The Morgan fingerprint density at radius 1 is 0.851 bits per heavy atom. The van der Waals surface area contributed by atoms with E-state index in [-0.39, 0.29) is 41.2 Å². The van der Waals surface area contributed by atoms with E-state index in [1.165, 1.54) is 37.3 Å². The number of hydrogen-bond acceptors (Lipinski definition) is 6. The Labute approximate surface area is 282 Å². The number of carbonyl (C=O) groups is 2. The summed E-state index contributed by atoms with van der Waals surface area (Å²) in [5.41, 5.74) is 1.63. The highest BCUT2D eigenvalue weighted by Crippen LogP contribution is 2.34. The van der Waals surface area contributed by atoms with E-state index in [0.717, 1.165) is 9.87 Å². The van der Waals surface area contributed by atoms with Crippen LogP contribution in [-0.2, 0) is 32.6 Å². The Bertz CT molecular complexity index is 1760. The van der Waals surface area contributed by atoms with Gasteiger partial charge in [-0.15, -0.1) is 0 Å². The van der Waals surface area contributed by atoms with Gasteiger partial charge in [-0.2, -0.15) is 0 Å². The van der Waals surface area contributed by atoms with Gasteiger partial charge in [-0.25, -0.2) is 8.42 Å². The number of rotatable bonds is 15. The topological polar surface area (TPSA) is 105 Å². The van der Waals surface area contributed by atoms with Crippen LogP contribution in [0.1, 0.15) is 31.4 Å². The van der Waals surface area contributed by atoms with Gasteiger partial charge in [-0.05, 0) is 54.8 Å². The molecule has 0 heterocycles. The lowest BCUT2D eigenvalue weighted by atomic mass is 10.0. The molecule has 0 saturated carbocycles. The largest absolute Gasteiger partial charge is 0.493 e. The molecule has 47 heavy (non-hydrogen) atoms. The monoisotopic (exact) mass is 677 g/mol. The molecule has 0 radical (unpaired) electrons. The van der Waals surface area contributed by atoms with Crippen molar-refractivity contribution in [2.24, 2.45) is 0 Å². The van der Waals surface area contributed by atoms with E-state index in [0.29, 0.717) is 22.8 Å². The van der Waals surface area contributed by atoms with Crippen LogP contribution in [0.15, 0.2) is 108 Å². The molecule has 0 aliphatic rings. The first-order valence-electron chi connectivity index (χ1n) is 15.3. The molecule has 4 rings (SSSR count). The zero-order valence-electron chi connectivity index (χ0n) is 26.9. The highest BCUT2D eigenvalue weighted by Gasteiger charge is 2.35. The quantitative estimate of drug-likeness (QED) is 0.163. The van der Waals surface area contributed by atoms with Crippen LogP contribution in [0.2, 0.25) is 5.02 Å². The maximum Gasteiger partial charge on any atom is 0.264 e. The van der Waals surface area contributed by atoms with E-state index in [1.807, 2.05) is 44.2 Å². The number of benzene rings is 4. The number of anilines is 1. The zero-order valence-corrected chi connectivity index (χ0v) is 28.5. The van der Waals surface area contributed by atoms with Crippen molar-refractivity contribution in [3.05, 3.63) is 119 Å². The first-order valence-corrected chi connectivity index (χ1v) is 17.1. The van der Waals surface area contributed by atoms with Gasteiger partial charge in [0.15, 0.2) is 11.5 Å². The van der Waals surface area contributed by atoms with Crippen molar-refractivity contribution in [3.63, 3.8) is 0 Å². The van der Waals surface area contributed by atoms with Crippen molar-refractivity contribution in [2.75, 3.05) is 25.1 Å². The van der Waals surface area contributed by atoms with Crippen LogP contribution in [0.5, 0.6) is 11.5 Å². The fourth-order valence-corrected chi connectivity index (χ4v) is 6.66. The van der Waals surface area contributed by atoms with Crippen LogP contribution in [-0.4, -0.2) is 58.0 Å². The fourth-order valence-electron chi connectivity index (χ4n) is 5.03. The molecule has 0 fully saturated rings. The Morgan fingerprint density at radius 2 is 1.47 bits per heavy atom. The molecule has 1 N–H and O–H groups in total. The summed E-state index contributed by atoms with van der Waals surface area (Å²) in [7, 11) is -1.35. The number of carbonyl (C=O) groups excluding carboxylic acids is 2. The van der Waals surface area contributed by atoms with Crippen LogP contribution in [0, 0.1) is 0 Å². The SMILES string of the molecule is CC[C@H](C)NC(=O)[C@H](Cc1ccccc1)N(Cc1ccccc1Cl)C(=O)CN(c1ccc(OC)c(OC)c1)S(=O)(=O)c1ccccc1. The predicted octanol–water partition coefficient (Wildman–Crippen LogP) is 6.11. The average Bonchev–Trinajstić information content (AvgIpc) is 3.09. The minimum Gasteiger partial charge on any atom is -0.493 e. The summed E-state index contributed by atoms with van der Waals surface area (Å²) in [6, 6.07) is 27.8. The summed E-state index contributed by atoms with van der Waals surface area (Å²) in [6.07, 6.45) is 0.881. The van der Waals surface area contributed by atoms with Gasteiger partial charge in [-0.1, -0.05) is 85.3 Å². The van der Waals surface area contributed by atoms with Gasteiger partial charge in [-0.3, -0.25) is 13.9 Å². The van der Waals surface area contributed by atoms with Gasteiger partial charge < -0.3 is 19.7 Å². The Hall–Kier alpha value is -4.54. The lowest BCUT2D eigenvalue weighted by Gasteiger charge is -2.34. The van der Waals surface area contributed by atoms with Crippen LogP contribution in [0.3, 0.4) is 0 Å². The van der Waals surface area contributed by atoms with Crippen molar-refractivity contribution < 1.29 is 27.5 Å². The zero-order chi connectivity index (χ0) is 34.0. The first kappa shape index (κ1) is 35.3. The van der Waals surface area contributed by atoms with Gasteiger partial charge in [0.05, 0.1) is 24.8 Å². The second-order valence-electron chi connectivity index (χ2n) is 11.0. The third-order valence-electron chi connectivity index (χ3n) is 7.84. The van der Waals surface area contributed by atoms with Crippen molar-refractivity contribution in [1.29, 1.82) is 0 Å². The van der Waals surface area contributed by atoms with Crippen molar-refractivity contribution in [2.45, 2.75) is 50.2 Å². The highest BCUT2D eigenvalue weighted by atomic mass is 35.5. The molecule has 4 aromatic rings. The van der Waals surface area contributed by atoms with Crippen LogP contribution in [0.25, 0.3) is 0 Å². The van der Waals surface area contributed by atoms with E-state index < -0.39 is 28.5 Å². The smallest absolute Gasteiger partial charge is 0.264 e. The molecule has 0 aliphatic heterocycles. The second-order valence-corrected chi connectivity index (χ2v) is 13.3. The van der Waals surface area contributed by atoms with Gasteiger partial charge >= 0.3 is 0 Å². The molecule has 4 aromatic carbocycles. The number of hydrogen-bond donors (Lipinski definition) is 1. The molecule has 0 aromatic heterocycles. The number of nitrogens with one attached hydrogen (secondary N) is 1.